The summed E-state index contributed by atoms with van der Waals surface area (Å²) >= 11 is 0. The molecule has 0 aliphatic rings. The highest BCUT2D eigenvalue weighted by atomic mass is 19.1. The summed E-state index contributed by atoms with van der Waals surface area (Å²) in [6.07, 6.45) is 0. The zero-order chi connectivity index (χ0) is 16.7. The van der Waals surface area contributed by atoms with Gasteiger partial charge in [0.05, 0.1) is 6.54 Å². The summed E-state index contributed by atoms with van der Waals surface area (Å²) in [7, 11) is 3.63. The molecule has 0 bridgehead atoms. The number of hydrogen-bond acceptors (Lipinski definition) is 3. The summed E-state index contributed by atoms with van der Waals surface area (Å²) in [5.74, 6) is 0.344. The molecule has 5 heteroatoms. The van der Waals surface area contributed by atoms with Crippen molar-refractivity contribution in [2.75, 3.05) is 38.7 Å². The molecule has 122 valence electrons. The zero-order valence-electron chi connectivity index (χ0n) is 13.4. The van der Waals surface area contributed by atoms with E-state index in [0.717, 1.165) is 5.69 Å². The van der Waals surface area contributed by atoms with Gasteiger partial charge in [-0.05, 0) is 43.4 Å². The molecular formula is C18H21FN2O2. The number of amides is 1. The quantitative estimate of drug-likeness (QED) is 0.787. The summed E-state index contributed by atoms with van der Waals surface area (Å²) in [5.41, 5.74) is 0.869. The number of ether oxygens (including phenoxy) is 1. The van der Waals surface area contributed by atoms with Gasteiger partial charge in [0.1, 0.15) is 18.2 Å². The molecule has 0 spiro atoms. The lowest BCUT2D eigenvalue weighted by Gasteiger charge is -2.22. The number of carbonyl (C=O) groups is 1. The van der Waals surface area contributed by atoms with Crippen molar-refractivity contribution in [1.29, 1.82) is 0 Å². The number of benzene rings is 2. The highest BCUT2D eigenvalue weighted by Crippen LogP contribution is 2.12. The Labute approximate surface area is 136 Å². The van der Waals surface area contributed by atoms with Crippen molar-refractivity contribution in [2.24, 2.45) is 0 Å². The maximum absolute atomic E-state index is 12.8. The Morgan fingerprint density at radius 2 is 1.70 bits per heavy atom. The first kappa shape index (κ1) is 17.0. The molecule has 0 heterocycles. The second-order valence-electron chi connectivity index (χ2n) is 5.33. The molecule has 2 aromatic carbocycles. The minimum atomic E-state index is -0.288. The van der Waals surface area contributed by atoms with Crippen molar-refractivity contribution >= 4 is 11.6 Å². The highest BCUT2D eigenvalue weighted by molar-refractivity contribution is 5.94. The first-order valence-electron chi connectivity index (χ1n) is 7.45. The van der Waals surface area contributed by atoms with Crippen LogP contribution in [0, 0.1) is 5.82 Å². The van der Waals surface area contributed by atoms with Gasteiger partial charge in [0, 0.05) is 19.3 Å². The van der Waals surface area contributed by atoms with Crippen LogP contribution in [0.5, 0.6) is 5.75 Å². The second kappa shape index (κ2) is 8.29. The van der Waals surface area contributed by atoms with E-state index in [0.29, 0.717) is 25.4 Å². The Morgan fingerprint density at radius 3 is 2.35 bits per heavy atom. The van der Waals surface area contributed by atoms with Gasteiger partial charge < -0.3 is 9.64 Å². The van der Waals surface area contributed by atoms with Crippen molar-refractivity contribution in [3.63, 3.8) is 0 Å². The molecule has 0 saturated carbocycles. The van der Waals surface area contributed by atoms with E-state index in [1.165, 1.54) is 12.1 Å². The third-order valence-corrected chi connectivity index (χ3v) is 3.48. The lowest BCUT2D eigenvalue weighted by molar-refractivity contribution is -0.119. The van der Waals surface area contributed by atoms with E-state index in [2.05, 4.69) is 0 Å². The Kier molecular flexibility index (Phi) is 6.11. The average Bonchev–Trinajstić information content (AvgIpc) is 2.56. The molecule has 4 nitrogen and oxygen atoms in total. The Balaban J connectivity index is 1.74. The van der Waals surface area contributed by atoms with Gasteiger partial charge >= 0.3 is 0 Å². The van der Waals surface area contributed by atoms with Crippen LogP contribution in [0.4, 0.5) is 10.1 Å². The minimum Gasteiger partial charge on any atom is -0.492 e. The van der Waals surface area contributed by atoms with E-state index in [-0.39, 0.29) is 11.7 Å². The average molecular weight is 316 g/mol. The largest absolute Gasteiger partial charge is 0.492 e. The van der Waals surface area contributed by atoms with Crippen LogP contribution in [0.2, 0.25) is 0 Å². The third kappa shape index (κ3) is 5.38. The van der Waals surface area contributed by atoms with Crippen LogP contribution in [0.1, 0.15) is 0 Å². The molecule has 2 rings (SSSR count). The summed E-state index contributed by atoms with van der Waals surface area (Å²) < 4.78 is 18.3. The maximum Gasteiger partial charge on any atom is 0.240 e. The summed E-state index contributed by atoms with van der Waals surface area (Å²) in [6.45, 7) is 1.34. The lowest BCUT2D eigenvalue weighted by Crippen LogP contribution is -2.38. The van der Waals surface area contributed by atoms with Crippen LogP contribution in [-0.4, -0.2) is 44.6 Å². The Morgan fingerprint density at radius 1 is 1.04 bits per heavy atom. The number of nitrogens with zero attached hydrogens (tertiary/aromatic N) is 2. The fraction of sp³-hybridized carbons (Fsp3) is 0.278. The predicted molar refractivity (Wildman–Crippen MR) is 89.2 cm³/mol. The normalized spacial score (nSPS) is 10.6. The van der Waals surface area contributed by atoms with Gasteiger partial charge in [-0.15, -0.1) is 0 Å². The SMILES string of the molecule is CN(CCOc1ccc(F)cc1)CC(=O)N(C)c1ccccc1. The molecule has 0 aliphatic heterocycles. The van der Waals surface area contributed by atoms with Gasteiger partial charge in [0.2, 0.25) is 5.91 Å². The van der Waals surface area contributed by atoms with Gasteiger partial charge in [-0.1, -0.05) is 18.2 Å². The molecule has 0 N–H and O–H groups in total. The van der Waals surface area contributed by atoms with Crippen molar-refractivity contribution in [2.45, 2.75) is 0 Å². The van der Waals surface area contributed by atoms with Crippen LogP contribution in [0.15, 0.2) is 54.6 Å². The van der Waals surface area contributed by atoms with Crippen LogP contribution in [-0.2, 0) is 4.79 Å². The van der Waals surface area contributed by atoms with Gasteiger partial charge in [-0.2, -0.15) is 0 Å². The first-order valence-corrected chi connectivity index (χ1v) is 7.45. The third-order valence-electron chi connectivity index (χ3n) is 3.48. The van der Waals surface area contributed by atoms with Crippen LogP contribution >= 0.6 is 0 Å². The van der Waals surface area contributed by atoms with Crippen LogP contribution in [0.25, 0.3) is 0 Å². The van der Waals surface area contributed by atoms with Gasteiger partial charge in [-0.3, -0.25) is 9.69 Å². The van der Waals surface area contributed by atoms with Gasteiger partial charge in [0.25, 0.3) is 0 Å². The number of halogens is 1. The highest BCUT2D eigenvalue weighted by Gasteiger charge is 2.13. The molecule has 0 aliphatic carbocycles. The number of anilines is 1. The zero-order valence-corrected chi connectivity index (χ0v) is 13.4. The van der Waals surface area contributed by atoms with Crippen molar-refractivity contribution < 1.29 is 13.9 Å². The lowest BCUT2D eigenvalue weighted by atomic mass is 10.3. The van der Waals surface area contributed by atoms with Crippen molar-refractivity contribution in [1.82, 2.24) is 4.90 Å². The van der Waals surface area contributed by atoms with E-state index < -0.39 is 0 Å². The predicted octanol–water partition coefficient (Wildman–Crippen LogP) is 2.80. The van der Waals surface area contributed by atoms with E-state index in [4.69, 9.17) is 4.74 Å². The molecule has 1 amide bonds. The molecule has 0 aromatic heterocycles. The monoisotopic (exact) mass is 316 g/mol. The first-order chi connectivity index (χ1) is 11.1. The van der Waals surface area contributed by atoms with Gasteiger partial charge in [-0.25, -0.2) is 4.39 Å². The molecule has 0 atom stereocenters. The summed E-state index contributed by atoms with van der Waals surface area (Å²) in [4.78, 5) is 15.8. The second-order valence-corrected chi connectivity index (χ2v) is 5.33. The molecule has 23 heavy (non-hydrogen) atoms. The van der Waals surface area contributed by atoms with Crippen molar-refractivity contribution in [3.05, 3.63) is 60.4 Å². The maximum atomic E-state index is 12.8. The smallest absolute Gasteiger partial charge is 0.240 e. The summed E-state index contributed by atoms with van der Waals surface area (Å²) in [5, 5.41) is 0. The molecule has 0 unspecified atom stereocenters. The molecule has 0 fully saturated rings. The molecule has 0 saturated heterocycles. The van der Waals surface area contributed by atoms with Crippen molar-refractivity contribution in [3.8, 4) is 5.75 Å². The minimum absolute atomic E-state index is 0.0143. The van der Waals surface area contributed by atoms with E-state index in [9.17, 15) is 9.18 Å². The number of hydrogen-bond donors (Lipinski definition) is 0. The number of rotatable bonds is 7. The fourth-order valence-corrected chi connectivity index (χ4v) is 2.06. The summed E-state index contributed by atoms with van der Waals surface area (Å²) in [6, 6.07) is 15.4. The Hall–Kier alpha value is -2.40. The Bertz CT molecular complexity index is 617. The van der Waals surface area contributed by atoms with E-state index >= 15 is 0 Å². The fourth-order valence-electron chi connectivity index (χ4n) is 2.06. The van der Waals surface area contributed by atoms with E-state index in [1.807, 2.05) is 42.3 Å². The van der Waals surface area contributed by atoms with Crippen LogP contribution in [0.3, 0.4) is 0 Å². The van der Waals surface area contributed by atoms with E-state index in [1.54, 1.807) is 24.1 Å². The molecule has 0 radical (unpaired) electrons. The standard InChI is InChI=1S/C18H21FN2O2/c1-20(12-13-23-17-10-8-15(19)9-11-17)14-18(22)21(2)16-6-4-3-5-7-16/h3-11H,12-14H2,1-2H3. The van der Waals surface area contributed by atoms with Crippen LogP contribution < -0.4 is 9.64 Å². The number of carbonyl (C=O) groups excluding carboxylic acids is 1. The van der Waals surface area contributed by atoms with Gasteiger partial charge in [0.15, 0.2) is 0 Å². The molecular weight excluding hydrogens is 295 g/mol. The number of likely N-dealkylation sites (N-methyl/N-ethyl adjacent to an activating group) is 2. The molecule has 2 aromatic rings. The number of para-hydroxylation sites is 1. The topological polar surface area (TPSA) is 32.8 Å².